The molecular weight excluding hydrogens is 358 g/mol. The van der Waals surface area contributed by atoms with Crippen LogP contribution in [0.2, 0.25) is 0 Å². The molecule has 6 heteroatoms. The van der Waals surface area contributed by atoms with Gasteiger partial charge in [0.25, 0.3) is 5.56 Å². The first-order valence-electron chi connectivity index (χ1n) is 9.30. The number of hydrogen-bond donors (Lipinski definition) is 1. The standard InChI is InChI=1S/C21H23N3O2S/c1-12-7-8-15(9-13(12)2)14(3)23-18(25)10-24-11-22-20-19(21(24)26)16-5-4-6-17(16)27-20/h7-9,11,14H,4-6,10H2,1-3H3,(H,23,25)/t14-/m1/s1. The molecular formula is C21H23N3O2S. The summed E-state index contributed by atoms with van der Waals surface area (Å²) in [4.78, 5) is 31.9. The smallest absolute Gasteiger partial charge is 0.262 e. The molecule has 0 aliphatic heterocycles. The normalized spacial score (nSPS) is 14.3. The topological polar surface area (TPSA) is 64.0 Å². The van der Waals surface area contributed by atoms with Crippen LogP contribution >= 0.6 is 11.3 Å². The highest BCUT2D eigenvalue weighted by Gasteiger charge is 2.22. The molecule has 1 aromatic carbocycles. The van der Waals surface area contributed by atoms with Crippen molar-refractivity contribution < 1.29 is 4.79 Å². The van der Waals surface area contributed by atoms with E-state index in [1.54, 1.807) is 11.3 Å². The van der Waals surface area contributed by atoms with Crippen molar-refractivity contribution >= 4 is 27.5 Å². The van der Waals surface area contributed by atoms with E-state index in [-0.39, 0.29) is 24.1 Å². The van der Waals surface area contributed by atoms with Crippen molar-refractivity contribution in [1.29, 1.82) is 0 Å². The summed E-state index contributed by atoms with van der Waals surface area (Å²) in [5.41, 5.74) is 4.53. The third kappa shape index (κ3) is 3.30. The summed E-state index contributed by atoms with van der Waals surface area (Å²) in [5.74, 6) is -0.184. The Labute approximate surface area is 162 Å². The summed E-state index contributed by atoms with van der Waals surface area (Å²) >= 11 is 1.61. The second kappa shape index (κ2) is 6.93. The quantitative estimate of drug-likeness (QED) is 0.753. The monoisotopic (exact) mass is 381 g/mol. The van der Waals surface area contributed by atoms with Crippen molar-refractivity contribution in [2.24, 2.45) is 0 Å². The molecule has 1 atom stereocenters. The van der Waals surface area contributed by atoms with E-state index in [0.29, 0.717) is 5.39 Å². The average molecular weight is 382 g/mol. The van der Waals surface area contributed by atoms with Crippen LogP contribution in [0.15, 0.2) is 29.3 Å². The average Bonchev–Trinajstić information content (AvgIpc) is 3.20. The Hall–Kier alpha value is -2.47. The number of amides is 1. The summed E-state index contributed by atoms with van der Waals surface area (Å²) in [5, 5.41) is 3.70. The molecule has 3 aromatic rings. The molecule has 1 aliphatic carbocycles. The van der Waals surface area contributed by atoms with Crippen molar-refractivity contribution in [3.8, 4) is 0 Å². The maximum atomic E-state index is 12.9. The van der Waals surface area contributed by atoms with E-state index in [2.05, 4.69) is 36.3 Å². The molecule has 140 valence electrons. The van der Waals surface area contributed by atoms with Crippen molar-refractivity contribution in [3.05, 3.63) is 62.0 Å². The number of benzene rings is 1. The highest BCUT2D eigenvalue weighted by atomic mass is 32.1. The van der Waals surface area contributed by atoms with E-state index in [1.807, 2.05) is 13.0 Å². The molecule has 5 nitrogen and oxygen atoms in total. The van der Waals surface area contributed by atoms with Crippen molar-refractivity contribution in [2.45, 2.75) is 52.6 Å². The second-order valence-corrected chi connectivity index (χ2v) is 8.43. The summed E-state index contributed by atoms with van der Waals surface area (Å²) in [6.45, 7) is 6.08. The van der Waals surface area contributed by atoms with Crippen LogP contribution in [-0.4, -0.2) is 15.5 Å². The molecule has 0 fully saturated rings. The fourth-order valence-electron chi connectivity index (χ4n) is 3.69. The number of carbonyl (C=O) groups excluding carboxylic acids is 1. The molecule has 0 radical (unpaired) electrons. The van der Waals surface area contributed by atoms with Gasteiger partial charge >= 0.3 is 0 Å². The number of carbonyl (C=O) groups is 1. The van der Waals surface area contributed by atoms with Gasteiger partial charge in [-0.3, -0.25) is 14.2 Å². The number of rotatable bonds is 4. The minimum absolute atomic E-state index is 0.0123. The number of aryl methyl sites for hydroxylation is 4. The lowest BCUT2D eigenvalue weighted by molar-refractivity contribution is -0.122. The summed E-state index contributed by atoms with van der Waals surface area (Å²) in [7, 11) is 0. The lowest BCUT2D eigenvalue weighted by Gasteiger charge is -2.16. The van der Waals surface area contributed by atoms with Gasteiger partial charge in [-0.05, 0) is 62.3 Å². The molecule has 1 N–H and O–H groups in total. The lowest BCUT2D eigenvalue weighted by Crippen LogP contribution is -2.34. The van der Waals surface area contributed by atoms with Crippen LogP contribution in [-0.2, 0) is 24.2 Å². The van der Waals surface area contributed by atoms with Gasteiger partial charge in [-0.1, -0.05) is 18.2 Å². The van der Waals surface area contributed by atoms with Crippen LogP contribution in [0.4, 0.5) is 0 Å². The van der Waals surface area contributed by atoms with Gasteiger partial charge in [-0.15, -0.1) is 11.3 Å². The van der Waals surface area contributed by atoms with Gasteiger partial charge in [-0.2, -0.15) is 0 Å². The minimum atomic E-state index is -0.184. The van der Waals surface area contributed by atoms with Crippen molar-refractivity contribution in [2.75, 3.05) is 0 Å². The van der Waals surface area contributed by atoms with Crippen molar-refractivity contribution in [1.82, 2.24) is 14.9 Å². The Morgan fingerprint density at radius 3 is 2.89 bits per heavy atom. The first kappa shape index (κ1) is 17.9. The van der Waals surface area contributed by atoms with Crippen molar-refractivity contribution in [3.63, 3.8) is 0 Å². The van der Waals surface area contributed by atoms with Crippen LogP contribution < -0.4 is 10.9 Å². The van der Waals surface area contributed by atoms with Gasteiger partial charge in [0.1, 0.15) is 11.4 Å². The molecule has 0 bridgehead atoms. The van der Waals surface area contributed by atoms with Gasteiger partial charge < -0.3 is 5.32 Å². The number of thiophene rings is 1. The molecule has 1 amide bonds. The van der Waals surface area contributed by atoms with E-state index < -0.39 is 0 Å². The van der Waals surface area contributed by atoms with Gasteiger partial charge in [0.05, 0.1) is 17.8 Å². The van der Waals surface area contributed by atoms with Gasteiger partial charge in [0, 0.05) is 4.88 Å². The van der Waals surface area contributed by atoms with E-state index >= 15 is 0 Å². The summed E-state index contributed by atoms with van der Waals surface area (Å²) in [6, 6.07) is 6.07. The second-order valence-electron chi connectivity index (χ2n) is 7.35. The maximum Gasteiger partial charge on any atom is 0.262 e. The number of nitrogens with one attached hydrogen (secondary N) is 1. The molecule has 2 aromatic heterocycles. The predicted molar refractivity (Wildman–Crippen MR) is 108 cm³/mol. The largest absolute Gasteiger partial charge is 0.348 e. The number of aromatic nitrogens is 2. The van der Waals surface area contributed by atoms with E-state index in [4.69, 9.17) is 0 Å². The highest BCUT2D eigenvalue weighted by molar-refractivity contribution is 7.18. The zero-order valence-corrected chi connectivity index (χ0v) is 16.7. The van der Waals surface area contributed by atoms with E-state index in [9.17, 15) is 9.59 Å². The third-order valence-electron chi connectivity index (χ3n) is 5.41. The minimum Gasteiger partial charge on any atom is -0.348 e. The Morgan fingerprint density at radius 1 is 1.30 bits per heavy atom. The number of fused-ring (bicyclic) bond motifs is 3. The predicted octanol–water partition coefficient (Wildman–Crippen LogP) is 3.44. The SMILES string of the molecule is Cc1ccc([C@@H](C)NC(=O)Cn2cnc3sc4c(c3c2=O)CCC4)cc1C. The van der Waals surface area contributed by atoms with Crippen LogP contribution in [0.25, 0.3) is 10.2 Å². The Morgan fingerprint density at radius 2 is 2.11 bits per heavy atom. The molecule has 0 spiro atoms. The fraction of sp³-hybridized carbons (Fsp3) is 0.381. The number of nitrogens with zero attached hydrogens (tertiary/aromatic N) is 2. The van der Waals surface area contributed by atoms with E-state index in [0.717, 1.165) is 35.2 Å². The molecule has 0 unspecified atom stereocenters. The van der Waals surface area contributed by atoms with Gasteiger partial charge in [0.2, 0.25) is 5.91 Å². The molecule has 1 aliphatic rings. The number of hydrogen-bond acceptors (Lipinski definition) is 4. The lowest BCUT2D eigenvalue weighted by atomic mass is 10.0. The van der Waals surface area contributed by atoms with E-state index in [1.165, 1.54) is 26.9 Å². The van der Waals surface area contributed by atoms with Crippen LogP contribution in [0, 0.1) is 13.8 Å². The Bertz CT molecular complexity index is 1100. The molecule has 2 heterocycles. The van der Waals surface area contributed by atoms with Gasteiger partial charge in [0.15, 0.2) is 0 Å². The van der Waals surface area contributed by atoms with Gasteiger partial charge in [-0.25, -0.2) is 4.98 Å². The third-order valence-corrected chi connectivity index (χ3v) is 6.61. The zero-order valence-electron chi connectivity index (χ0n) is 15.8. The molecule has 27 heavy (non-hydrogen) atoms. The first-order valence-corrected chi connectivity index (χ1v) is 10.1. The summed E-state index contributed by atoms with van der Waals surface area (Å²) < 4.78 is 1.43. The van der Waals surface area contributed by atoms with Crippen LogP contribution in [0.3, 0.4) is 0 Å². The van der Waals surface area contributed by atoms with Crippen LogP contribution in [0.5, 0.6) is 0 Å². The van der Waals surface area contributed by atoms with Crippen LogP contribution in [0.1, 0.15) is 46.5 Å². The zero-order chi connectivity index (χ0) is 19.1. The fourth-order valence-corrected chi connectivity index (χ4v) is 4.91. The summed E-state index contributed by atoms with van der Waals surface area (Å²) in [6.07, 6.45) is 4.56. The molecule has 0 saturated heterocycles. The molecule has 4 rings (SSSR count). The highest BCUT2D eigenvalue weighted by Crippen LogP contribution is 2.34. The molecule has 0 saturated carbocycles. The maximum absolute atomic E-state index is 12.9. The Balaban J connectivity index is 1.53. The Kier molecular flexibility index (Phi) is 4.60. The first-order chi connectivity index (χ1) is 12.9.